The SMILES string of the molecule is CCNC(=NCC1(C)COC1)N1CCOC(c2ccccc2C)C1. The van der Waals surface area contributed by atoms with Crippen LogP contribution in [-0.2, 0) is 9.47 Å². The van der Waals surface area contributed by atoms with Gasteiger partial charge in [-0.25, -0.2) is 0 Å². The number of hydrogen-bond acceptors (Lipinski definition) is 3. The van der Waals surface area contributed by atoms with Crippen LogP contribution in [0.3, 0.4) is 0 Å². The molecule has 2 fully saturated rings. The molecular formula is C19H29N3O2. The molecule has 0 spiro atoms. The quantitative estimate of drug-likeness (QED) is 0.680. The summed E-state index contributed by atoms with van der Waals surface area (Å²) in [6, 6.07) is 8.47. The van der Waals surface area contributed by atoms with Gasteiger partial charge in [0.25, 0.3) is 0 Å². The second-order valence-corrected chi connectivity index (χ2v) is 7.14. The van der Waals surface area contributed by atoms with Crippen LogP contribution in [0.4, 0.5) is 0 Å². The Morgan fingerprint density at radius 2 is 2.17 bits per heavy atom. The molecule has 2 saturated heterocycles. The molecule has 5 heteroatoms. The van der Waals surface area contributed by atoms with E-state index < -0.39 is 0 Å². The van der Waals surface area contributed by atoms with Crippen LogP contribution < -0.4 is 5.32 Å². The molecule has 2 heterocycles. The summed E-state index contributed by atoms with van der Waals surface area (Å²) >= 11 is 0. The van der Waals surface area contributed by atoms with Crippen LogP contribution in [0.1, 0.15) is 31.1 Å². The van der Waals surface area contributed by atoms with Gasteiger partial charge < -0.3 is 19.7 Å². The number of rotatable bonds is 4. The van der Waals surface area contributed by atoms with Crippen molar-refractivity contribution in [1.82, 2.24) is 10.2 Å². The number of aliphatic imine (C=N–C) groups is 1. The predicted molar refractivity (Wildman–Crippen MR) is 96.3 cm³/mol. The standard InChI is InChI=1S/C19H29N3O2/c1-4-20-18(21-12-19(3)13-23-14-19)22-9-10-24-17(11-22)16-8-6-5-7-15(16)2/h5-8,17H,4,9-14H2,1-3H3,(H,20,21). The number of benzene rings is 1. The van der Waals surface area contributed by atoms with Crippen molar-refractivity contribution in [2.75, 3.05) is 46.0 Å². The molecule has 1 unspecified atom stereocenters. The summed E-state index contributed by atoms with van der Waals surface area (Å²) in [5.74, 6) is 0.993. The summed E-state index contributed by atoms with van der Waals surface area (Å²) in [5, 5.41) is 3.44. The summed E-state index contributed by atoms with van der Waals surface area (Å²) in [7, 11) is 0. The van der Waals surface area contributed by atoms with Crippen LogP contribution in [0.2, 0.25) is 0 Å². The van der Waals surface area contributed by atoms with E-state index in [0.717, 1.165) is 52.0 Å². The maximum Gasteiger partial charge on any atom is 0.194 e. The Balaban J connectivity index is 1.71. The van der Waals surface area contributed by atoms with E-state index in [4.69, 9.17) is 14.5 Å². The van der Waals surface area contributed by atoms with Gasteiger partial charge in [0.1, 0.15) is 6.10 Å². The molecule has 0 radical (unpaired) electrons. The predicted octanol–water partition coefficient (Wildman–Crippen LogP) is 2.37. The maximum atomic E-state index is 6.04. The first kappa shape index (κ1) is 17.2. The highest BCUT2D eigenvalue weighted by atomic mass is 16.5. The fourth-order valence-electron chi connectivity index (χ4n) is 3.21. The average Bonchev–Trinajstić information content (AvgIpc) is 2.57. The maximum absolute atomic E-state index is 6.04. The fraction of sp³-hybridized carbons (Fsp3) is 0.632. The van der Waals surface area contributed by atoms with E-state index in [-0.39, 0.29) is 11.5 Å². The average molecular weight is 331 g/mol. The monoisotopic (exact) mass is 331 g/mol. The molecule has 1 aromatic carbocycles. The molecular weight excluding hydrogens is 302 g/mol. The lowest BCUT2D eigenvalue weighted by molar-refractivity contribution is -0.0947. The molecule has 0 aliphatic carbocycles. The first-order valence-corrected chi connectivity index (χ1v) is 8.89. The van der Waals surface area contributed by atoms with Gasteiger partial charge in [0.2, 0.25) is 0 Å². The minimum Gasteiger partial charge on any atom is -0.380 e. The van der Waals surface area contributed by atoms with Crippen LogP contribution in [0.25, 0.3) is 0 Å². The lowest BCUT2D eigenvalue weighted by atomic mass is 9.89. The molecule has 5 nitrogen and oxygen atoms in total. The minimum absolute atomic E-state index is 0.103. The van der Waals surface area contributed by atoms with Crippen molar-refractivity contribution in [2.45, 2.75) is 26.9 Å². The third-order valence-electron chi connectivity index (χ3n) is 4.75. The van der Waals surface area contributed by atoms with Gasteiger partial charge in [0.05, 0.1) is 32.9 Å². The Hall–Kier alpha value is -1.59. The molecule has 24 heavy (non-hydrogen) atoms. The zero-order chi connectivity index (χ0) is 17.0. The summed E-state index contributed by atoms with van der Waals surface area (Å²) in [6.07, 6.45) is 0.103. The molecule has 1 aromatic rings. The van der Waals surface area contributed by atoms with E-state index in [1.807, 2.05) is 0 Å². The first-order valence-electron chi connectivity index (χ1n) is 8.89. The molecule has 1 N–H and O–H groups in total. The van der Waals surface area contributed by atoms with Gasteiger partial charge in [-0.3, -0.25) is 4.99 Å². The molecule has 132 valence electrons. The van der Waals surface area contributed by atoms with Gasteiger partial charge >= 0.3 is 0 Å². The van der Waals surface area contributed by atoms with Crippen molar-refractivity contribution in [3.05, 3.63) is 35.4 Å². The second kappa shape index (κ2) is 7.53. The number of nitrogens with one attached hydrogen (secondary N) is 1. The summed E-state index contributed by atoms with van der Waals surface area (Å²) in [4.78, 5) is 7.20. The Kier molecular flexibility index (Phi) is 5.41. The highest BCUT2D eigenvalue weighted by Crippen LogP contribution is 2.27. The largest absolute Gasteiger partial charge is 0.380 e. The molecule has 0 saturated carbocycles. The number of morpholine rings is 1. The number of aryl methyl sites for hydroxylation is 1. The second-order valence-electron chi connectivity index (χ2n) is 7.14. The lowest BCUT2D eigenvalue weighted by Crippen LogP contribution is -2.49. The van der Waals surface area contributed by atoms with Crippen LogP contribution in [-0.4, -0.2) is 56.9 Å². The third-order valence-corrected chi connectivity index (χ3v) is 4.75. The molecule has 2 aliphatic rings. The number of ether oxygens (including phenoxy) is 2. The molecule has 0 amide bonds. The molecule has 2 aliphatic heterocycles. The van der Waals surface area contributed by atoms with Gasteiger partial charge in [-0.2, -0.15) is 0 Å². The zero-order valence-corrected chi connectivity index (χ0v) is 15.0. The van der Waals surface area contributed by atoms with Gasteiger partial charge in [-0.15, -0.1) is 0 Å². The normalized spacial score (nSPS) is 23.7. The van der Waals surface area contributed by atoms with E-state index in [1.165, 1.54) is 11.1 Å². The van der Waals surface area contributed by atoms with Crippen molar-refractivity contribution in [3.8, 4) is 0 Å². The van der Waals surface area contributed by atoms with Crippen LogP contribution in [0, 0.1) is 12.3 Å². The Labute approximate surface area is 145 Å². The summed E-state index contributed by atoms with van der Waals surface area (Å²) in [6.45, 7) is 12.2. The minimum atomic E-state index is 0.103. The van der Waals surface area contributed by atoms with E-state index in [1.54, 1.807) is 0 Å². The van der Waals surface area contributed by atoms with Gasteiger partial charge in [0, 0.05) is 18.5 Å². The van der Waals surface area contributed by atoms with Crippen molar-refractivity contribution in [1.29, 1.82) is 0 Å². The van der Waals surface area contributed by atoms with E-state index in [9.17, 15) is 0 Å². The van der Waals surface area contributed by atoms with Crippen molar-refractivity contribution in [3.63, 3.8) is 0 Å². The highest BCUT2D eigenvalue weighted by molar-refractivity contribution is 5.80. The van der Waals surface area contributed by atoms with Gasteiger partial charge in [-0.1, -0.05) is 31.2 Å². The van der Waals surface area contributed by atoms with Crippen LogP contribution in [0.15, 0.2) is 29.3 Å². The molecule has 0 aromatic heterocycles. The molecule has 0 bridgehead atoms. The Bertz CT molecular complexity index is 584. The number of nitrogens with zero attached hydrogens (tertiary/aromatic N) is 2. The Morgan fingerprint density at radius 3 is 2.83 bits per heavy atom. The topological polar surface area (TPSA) is 46.1 Å². The zero-order valence-electron chi connectivity index (χ0n) is 15.0. The third kappa shape index (κ3) is 3.90. The first-order chi connectivity index (χ1) is 11.6. The number of hydrogen-bond donors (Lipinski definition) is 1. The molecule has 3 rings (SSSR count). The van der Waals surface area contributed by atoms with E-state index in [2.05, 4.69) is 55.3 Å². The van der Waals surface area contributed by atoms with Crippen molar-refractivity contribution < 1.29 is 9.47 Å². The smallest absolute Gasteiger partial charge is 0.194 e. The van der Waals surface area contributed by atoms with E-state index >= 15 is 0 Å². The van der Waals surface area contributed by atoms with Crippen LogP contribution in [0.5, 0.6) is 0 Å². The van der Waals surface area contributed by atoms with Gasteiger partial charge in [0.15, 0.2) is 5.96 Å². The highest BCUT2D eigenvalue weighted by Gasteiger charge is 2.33. The lowest BCUT2D eigenvalue weighted by Gasteiger charge is -2.38. The summed E-state index contributed by atoms with van der Waals surface area (Å²) < 4.78 is 11.4. The summed E-state index contributed by atoms with van der Waals surface area (Å²) in [5.41, 5.74) is 2.75. The Morgan fingerprint density at radius 1 is 1.38 bits per heavy atom. The number of guanidine groups is 1. The van der Waals surface area contributed by atoms with Crippen molar-refractivity contribution >= 4 is 5.96 Å². The van der Waals surface area contributed by atoms with E-state index in [0.29, 0.717) is 0 Å². The van der Waals surface area contributed by atoms with Crippen molar-refractivity contribution in [2.24, 2.45) is 10.4 Å². The van der Waals surface area contributed by atoms with Gasteiger partial charge in [-0.05, 0) is 25.0 Å². The fourth-order valence-corrected chi connectivity index (χ4v) is 3.21. The van der Waals surface area contributed by atoms with Crippen LogP contribution >= 0.6 is 0 Å². The molecule has 1 atom stereocenters.